The van der Waals surface area contributed by atoms with E-state index in [2.05, 4.69) is 15.3 Å². The Hall–Kier alpha value is -2.77. The normalized spacial score (nSPS) is 17.3. The fourth-order valence-electron chi connectivity index (χ4n) is 2.61. The summed E-state index contributed by atoms with van der Waals surface area (Å²) in [6.07, 6.45) is 3.43. The Bertz CT molecular complexity index is 740. The van der Waals surface area contributed by atoms with Gasteiger partial charge in [0.1, 0.15) is 11.6 Å². The van der Waals surface area contributed by atoms with E-state index in [0.717, 1.165) is 6.07 Å². The molecule has 2 heterocycles. The highest BCUT2D eigenvalue weighted by Crippen LogP contribution is 2.24. The minimum absolute atomic E-state index is 0.0597. The zero-order valence-corrected chi connectivity index (χ0v) is 12.2. The van der Waals surface area contributed by atoms with E-state index >= 15 is 0 Å². The molecule has 1 aromatic carbocycles. The lowest BCUT2D eigenvalue weighted by atomic mass is 10.2. The SMILES string of the molecule is Nc1nccnc1C(=O)N[C@H]1CCN(c2ccc(F)cc2F)C1. The number of nitrogens with two attached hydrogens (primary N) is 1. The van der Waals surface area contributed by atoms with E-state index in [1.54, 1.807) is 4.90 Å². The number of amides is 1. The molecule has 3 rings (SSSR count). The van der Waals surface area contributed by atoms with E-state index in [1.807, 2.05) is 0 Å². The Morgan fingerprint density at radius 2 is 2.09 bits per heavy atom. The standard InChI is InChI=1S/C15H15F2N5O/c16-9-1-2-12(11(17)7-9)22-6-3-10(8-22)21-15(23)13-14(18)20-5-4-19-13/h1-2,4-5,7,10H,3,6,8H2,(H2,18,20)(H,21,23)/t10-/m0/s1. The van der Waals surface area contributed by atoms with Gasteiger partial charge in [-0.15, -0.1) is 0 Å². The van der Waals surface area contributed by atoms with Crippen molar-refractivity contribution in [1.29, 1.82) is 0 Å². The lowest BCUT2D eigenvalue weighted by molar-refractivity contribution is 0.0936. The molecule has 1 atom stereocenters. The first-order chi connectivity index (χ1) is 11.0. The van der Waals surface area contributed by atoms with Gasteiger partial charge in [-0.05, 0) is 18.6 Å². The molecule has 0 aliphatic carbocycles. The first-order valence-electron chi connectivity index (χ1n) is 7.12. The number of nitrogens with one attached hydrogen (secondary N) is 1. The van der Waals surface area contributed by atoms with E-state index in [1.165, 1.54) is 24.5 Å². The molecular weight excluding hydrogens is 304 g/mol. The van der Waals surface area contributed by atoms with Crippen LogP contribution in [0.2, 0.25) is 0 Å². The zero-order chi connectivity index (χ0) is 16.4. The molecule has 0 saturated carbocycles. The molecular formula is C15H15F2N5O. The van der Waals surface area contributed by atoms with Gasteiger partial charge < -0.3 is 16.0 Å². The van der Waals surface area contributed by atoms with Gasteiger partial charge in [0.05, 0.1) is 5.69 Å². The van der Waals surface area contributed by atoms with Crippen LogP contribution in [0.5, 0.6) is 0 Å². The second kappa shape index (κ2) is 6.15. The summed E-state index contributed by atoms with van der Waals surface area (Å²) in [7, 11) is 0. The van der Waals surface area contributed by atoms with Gasteiger partial charge in [0.25, 0.3) is 5.91 Å². The molecule has 3 N–H and O–H groups in total. The summed E-state index contributed by atoms with van der Waals surface area (Å²) in [6.45, 7) is 0.984. The number of nitrogens with zero attached hydrogens (tertiary/aromatic N) is 3. The minimum Gasteiger partial charge on any atom is -0.382 e. The van der Waals surface area contributed by atoms with Gasteiger partial charge in [0, 0.05) is 37.6 Å². The summed E-state index contributed by atoms with van der Waals surface area (Å²) in [5.41, 5.74) is 6.01. The average Bonchev–Trinajstić information content (AvgIpc) is 2.95. The summed E-state index contributed by atoms with van der Waals surface area (Å²) in [4.78, 5) is 21.6. The molecule has 0 radical (unpaired) electrons. The van der Waals surface area contributed by atoms with Crippen molar-refractivity contribution in [3.05, 3.63) is 47.9 Å². The molecule has 0 spiro atoms. The molecule has 8 heteroatoms. The van der Waals surface area contributed by atoms with Gasteiger partial charge in [0.2, 0.25) is 0 Å². The van der Waals surface area contributed by atoms with Crippen molar-refractivity contribution in [2.45, 2.75) is 12.5 Å². The maximum absolute atomic E-state index is 13.8. The molecule has 2 aromatic rings. The van der Waals surface area contributed by atoms with Gasteiger partial charge in [-0.25, -0.2) is 18.7 Å². The third-order valence-electron chi connectivity index (χ3n) is 3.72. The molecule has 1 aliphatic rings. The van der Waals surface area contributed by atoms with Crippen molar-refractivity contribution in [3.8, 4) is 0 Å². The number of aromatic nitrogens is 2. The van der Waals surface area contributed by atoms with Gasteiger partial charge in [-0.1, -0.05) is 0 Å². The lowest BCUT2D eigenvalue weighted by Gasteiger charge is -2.19. The third-order valence-corrected chi connectivity index (χ3v) is 3.72. The van der Waals surface area contributed by atoms with Crippen LogP contribution in [0.15, 0.2) is 30.6 Å². The van der Waals surface area contributed by atoms with Crippen molar-refractivity contribution < 1.29 is 13.6 Å². The molecule has 0 bridgehead atoms. The first-order valence-corrected chi connectivity index (χ1v) is 7.12. The fraction of sp³-hybridized carbons (Fsp3) is 0.267. The molecule has 0 unspecified atom stereocenters. The lowest BCUT2D eigenvalue weighted by Crippen LogP contribution is -2.38. The second-order valence-electron chi connectivity index (χ2n) is 5.29. The molecule has 120 valence electrons. The van der Waals surface area contributed by atoms with Gasteiger partial charge in [0.15, 0.2) is 11.5 Å². The zero-order valence-electron chi connectivity index (χ0n) is 12.2. The van der Waals surface area contributed by atoms with Gasteiger partial charge in [-0.3, -0.25) is 4.79 Å². The number of hydrogen-bond donors (Lipinski definition) is 2. The Labute approximate surface area is 131 Å². The fourth-order valence-corrected chi connectivity index (χ4v) is 2.61. The molecule has 1 fully saturated rings. The Balaban J connectivity index is 1.66. The minimum atomic E-state index is -0.617. The topological polar surface area (TPSA) is 84.1 Å². The molecule has 1 aromatic heterocycles. The van der Waals surface area contributed by atoms with Crippen molar-refractivity contribution in [2.75, 3.05) is 23.7 Å². The maximum atomic E-state index is 13.8. The number of nitrogen functional groups attached to an aromatic ring is 1. The summed E-state index contributed by atoms with van der Waals surface area (Å²) in [6, 6.07) is 3.29. The van der Waals surface area contributed by atoms with Crippen molar-refractivity contribution in [1.82, 2.24) is 15.3 Å². The summed E-state index contributed by atoms with van der Waals surface area (Å²) < 4.78 is 26.8. The van der Waals surface area contributed by atoms with Crippen LogP contribution in [0.1, 0.15) is 16.9 Å². The highest BCUT2D eigenvalue weighted by Gasteiger charge is 2.27. The highest BCUT2D eigenvalue weighted by molar-refractivity contribution is 5.96. The number of rotatable bonds is 3. The Kier molecular flexibility index (Phi) is 4.05. The van der Waals surface area contributed by atoms with Crippen molar-refractivity contribution in [3.63, 3.8) is 0 Å². The van der Waals surface area contributed by atoms with Crippen molar-refractivity contribution in [2.24, 2.45) is 0 Å². The van der Waals surface area contributed by atoms with Crippen LogP contribution in [-0.2, 0) is 0 Å². The molecule has 1 amide bonds. The van der Waals surface area contributed by atoms with E-state index in [9.17, 15) is 13.6 Å². The summed E-state index contributed by atoms with van der Waals surface area (Å²) in [5, 5.41) is 2.81. The second-order valence-corrected chi connectivity index (χ2v) is 5.29. The van der Waals surface area contributed by atoms with Crippen LogP contribution in [0.3, 0.4) is 0 Å². The molecule has 1 aliphatic heterocycles. The van der Waals surface area contributed by atoms with Crippen LogP contribution in [0.4, 0.5) is 20.3 Å². The number of halogens is 2. The Morgan fingerprint density at radius 3 is 2.83 bits per heavy atom. The van der Waals surface area contributed by atoms with Gasteiger partial charge >= 0.3 is 0 Å². The quantitative estimate of drug-likeness (QED) is 0.892. The first kappa shape index (κ1) is 15.1. The largest absolute Gasteiger partial charge is 0.382 e. The van der Waals surface area contributed by atoms with Crippen LogP contribution in [0, 0.1) is 11.6 Å². The van der Waals surface area contributed by atoms with E-state index < -0.39 is 17.5 Å². The van der Waals surface area contributed by atoms with E-state index in [4.69, 9.17) is 5.73 Å². The highest BCUT2D eigenvalue weighted by atomic mass is 19.1. The predicted octanol–water partition coefficient (Wildman–Crippen LogP) is 1.35. The molecule has 6 nitrogen and oxygen atoms in total. The number of carbonyl (C=O) groups excluding carboxylic acids is 1. The number of anilines is 2. The number of hydrogen-bond acceptors (Lipinski definition) is 5. The van der Waals surface area contributed by atoms with Crippen LogP contribution in [-0.4, -0.2) is 35.0 Å². The number of benzene rings is 1. The summed E-state index contributed by atoms with van der Waals surface area (Å²) in [5.74, 6) is -1.59. The van der Waals surface area contributed by atoms with Crippen LogP contribution in [0.25, 0.3) is 0 Å². The maximum Gasteiger partial charge on any atom is 0.273 e. The predicted molar refractivity (Wildman–Crippen MR) is 80.9 cm³/mol. The van der Waals surface area contributed by atoms with Crippen molar-refractivity contribution >= 4 is 17.4 Å². The van der Waals surface area contributed by atoms with Crippen LogP contribution < -0.4 is 16.0 Å². The summed E-state index contributed by atoms with van der Waals surface area (Å²) >= 11 is 0. The molecule has 23 heavy (non-hydrogen) atoms. The molecule has 1 saturated heterocycles. The third kappa shape index (κ3) is 3.20. The Morgan fingerprint density at radius 1 is 1.30 bits per heavy atom. The monoisotopic (exact) mass is 319 g/mol. The smallest absolute Gasteiger partial charge is 0.273 e. The average molecular weight is 319 g/mol. The van der Waals surface area contributed by atoms with E-state index in [0.29, 0.717) is 25.2 Å². The number of carbonyl (C=O) groups is 1. The van der Waals surface area contributed by atoms with Gasteiger partial charge in [-0.2, -0.15) is 0 Å². The van der Waals surface area contributed by atoms with Crippen LogP contribution >= 0.6 is 0 Å². The van der Waals surface area contributed by atoms with E-state index in [-0.39, 0.29) is 17.6 Å².